The smallest absolute Gasteiger partial charge is 0.306 e. The Hall–Kier alpha value is -1.45. The van der Waals surface area contributed by atoms with Crippen molar-refractivity contribution in [3.05, 3.63) is 12.7 Å². The van der Waals surface area contributed by atoms with Gasteiger partial charge in [-0.05, 0) is 20.3 Å². The average molecular weight is 212 g/mol. The van der Waals surface area contributed by atoms with Gasteiger partial charge in [-0.25, -0.2) is 0 Å². The van der Waals surface area contributed by atoms with Crippen LogP contribution in [0.2, 0.25) is 0 Å². The summed E-state index contributed by atoms with van der Waals surface area (Å²) in [6.07, 6.45) is 1.77. The molecule has 15 heavy (non-hydrogen) atoms. The molecule has 0 saturated carbocycles. The van der Waals surface area contributed by atoms with Gasteiger partial charge in [0.1, 0.15) is 18.2 Å². The lowest BCUT2D eigenvalue weighted by molar-refractivity contribution is -0.143. The minimum absolute atomic E-state index is 0.0810. The lowest BCUT2D eigenvalue weighted by Gasteiger charge is -2.08. The van der Waals surface area contributed by atoms with E-state index in [0.717, 1.165) is 0 Å². The van der Waals surface area contributed by atoms with Crippen molar-refractivity contribution in [3.63, 3.8) is 0 Å². The zero-order valence-corrected chi connectivity index (χ0v) is 9.12. The number of esters is 1. The normalized spacial score (nSPS) is 9.80. The Morgan fingerprint density at radius 2 is 1.80 bits per heavy atom. The number of Topliss-reactive ketones (excluding diaryl/α,β-unsaturated/α-hetero) is 2. The number of ether oxygens (including phenoxy) is 1. The Kier molecular flexibility index (Phi) is 6.25. The van der Waals surface area contributed by atoms with Gasteiger partial charge in [0.2, 0.25) is 0 Å². The molecule has 0 unspecified atom stereocenters. The number of hydrogen-bond donors (Lipinski definition) is 0. The summed E-state index contributed by atoms with van der Waals surface area (Å²) < 4.78 is 4.72. The second-order valence-electron chi connectivity index (χ2n) is 3.28. The van der Waals surface area contributed by atoms with E-state index in [2.05, 4.69) is 6.58 Å². The molecule has 0 aromatic rings. The molecule has 0 aliphatic carbocycles. The van der Waals surface area contributed by atoms with Crippen molar-refractivity contribution < 1.29 is 19.1 Å². The Bertz CT molecular complexity index is 254. The summed E-state index contributed by atoms with van der Waals surface area (Å²) in [5, 5.41) is 0. The molecule has 4 heteroatoms. The minimum Gasteiger partial charge on any atom is -0.461 e. The van der Waals surface area contributed by atoms with Crippen molar-refractivity contribution in [3.8, 4) is 0 Å². The first-order chi connectivity index (χ1) is 6.99. The largest absolute Gasteiger partial charge is 0.461 e. The number of carbonyl (C=O) groups is 3. The molecule has 0 amide bonds. The van der Waals surface area contributed by atoms with Gasteiger partial charge in [0.05, 0.1) is 5.92 Å². The molecule has 0 aromatic carbocycles. The molecule has 0 aromatic heterocycles. The SMILES string of the molecule is C=CCOC(=O)CCC(C(C)=O)C(C)=O. The Labute approximate surface area is 89.3 Å². The summed E-state index contributed by atoms with van der Waals surface area (Å²) in [6, 6.07) is 0. The Morgan fingerprint density at radius 1 is 1.27 bits per heavy atom. The summed E-state index contributed by atoms with van der Waals surface area (Å²) in [5.41, 5.74) is 0. The highest BCUT2D eigenvalue weighted by Crippen LogP contribution is 2.09. The lowest BCUT2D eigenvalue weighted by Crippen LogP contribution is -2.21. The molecule has 0 aliphatic heterocycles. The third-order valence-electron chi connectivity index (χ3n) is 1.98. The van der Waals surface area contributed by atoms with E-state index in [1.807, 2.05) is 0 Å². The first-order valence-electron chi connectivity index (χ1n) is 4.76. The fraction of sp³-hybridized carbons (Fsp3) is 0.545. The predicted octanol–water partition coefficient (Wildman–Crippen LogP) is 1.29. The van der Waals surface area contributed by atoms with Gasteiger partial charge in [-0.1, -0.05) is 12.7 Å². The van der Waals surface area contributed by atoms with Crippen LogP contribution < -0.4 is 0 Å². The van der Waals surface area contributed by atoms with Gasteiger partial charge in [0, 0.05) is 6.42 Å². The summed E-state index contributed by atoms with van der Waals surface area (Å²) in [4.78, 5) is 33.1. The molecular formula is C11H16O4. The molecule has 84 valence electrons. The van der Waals surface area contributed by atoms with Gasteiger partial charge in [0.15, 0.2) is 0 Å². The molecular weight excluding hydrogens is 196 g/mol. The van der Waals surface area contributed by atoms with Gasteiger partial charge in [-0.3, -0.25) is 14.4 Å². The second-order valence-corrected chi connectivity index (χ2v) is 3.28. The van der Waals surface area contributed by atoms with Crippen molar-refractivity contribution >= 4 is 17.5 Å². The van der Waals surface area contributed by atoms with Crippen LogP contribution in [0.3, 0.4) is 0 Å². The van der Waals surface area contributed by atoms with Crippen LogP contribution in [0.1, 0.15) is 26.7 Å². The Balaban J connectivity index is 4.00. The molecule has 0 saturated heterocycles. The van der Waals surface area contributed by atoms with E-state index in [1.165, 1.54) is 19.9 Å². The molecule has 0 heterocycles. The first-order valence-corrected chi connectivity index (χ1v) is 4.76. The van der Waals surface area contributed by atoms with Gasteiger partial charge < -0.3 is 4.74 Å². The van der Waals surface area contributed by atoms with E-state index in [0.29, 0.717) is 0 Å². The van der Waals surface area contributed by atoms with Crippen LogP contribution >= 0.6 is 0 Å². The molecule has 0 aliphatic rings. The van der Waals surface area contributed by atoms with Gasteiger partial charge in [-0.15, -0.1) is 0 Å². The lowest BCUT2D eigenvalue weighted by atomic mass is 9.95. The summed E-state index contributed by atoms with van der Waals surface area (Å²) in [6.45, 7) is 6.25. The number of ketones is 2. The molecule has 0 rings (SSSR count). The van der Waals surface area contributed by atoms with Gasteiger partial charge in [-0.2, -0.15) is 0 Å². The van der Waals surface area contributed by atoms with Crippen LogP contribution in [-0.2, 0) is 19.1 Å². The van der Waals surface area contributed by atoms with Crippen LogP contribution in [0.4, 0.5) is 0 Å². The van der Waals surface area contributed by atoms with Crippen molar-refractivity contribution in [1.82, 2.24) is 0 Å². The van der Waals surface area contributed by atoms with Crippen molar-refractivity contribution in [2.45, 2.75) is 26.7 Å². The molecule has 0 atom stereocenters. The maximum absolute atomic E-state index is 11.1. The maximum atomic E-state index is 11.1. The molecule has 0 radical (unpaired) electrons. The van der Waals surface area contributed by atoms with E-state index in [9.17, 15) is 14.4 Å². The quantitative estimate of drug-likeness (QED) is 0.362. The van der Waals surface area contributed by atoms with Crippen LogP contribution in [0.25, 0.3) is 0 Å². The van der Waals surface area contributed by atoms with Gasteiger partial charge >= 0.3 is 5.97 Å². The third kappa shape index (κ3) is 5.78. The fourth-order valence-corrected chi connectivity index (χ4v) is 1.18. The fourth-order valence-electron chi connectivity index (χ4n) is 1.18. The first kappa shape index (κ1) is 13.5. The molecule has 0 bridgehead atoms. The average Bonchev–Trinajstić information content (AvgIpc) is 2.13. The monoisotopic (exact) mass is 212 g/mol. The van der Waals surface area contributed by atoms with Crippen LogP contribution in [-0.4, -0.2) is 24.1 Å². The number of hydrogen-bond acceptors (Lipinski definition) is 4. The topological polar surface area (TPSA) is 60.4 Å². The van der Waals surface area contributed by atoms with Gasteiger partial charge in [0.25, 0.3) is 0 Å². The minimum atomic E-state index is -0.679. The maximum Gasteiger partial charge on any atom is 0.306 e. The summed E-state index contributed by atoms with van der Waals surface area (Å²) in [5.74, 6) is -1.51. The number of carbonyl (C=O) groups excluding carboxylic acids is 3. The molecule has 0 N–H and O–H groups in total. The summed E-state index contributed by atoms with van der Waals surface area (Å²) in [7, 11) is 0. The molecule has 0 fully saturated rings. The second kappa shape index (κ2) is 6.92. The van der Waals surface area contributed by atoms with Crippen molar-refractivity contribution in [2.24, 2.45) is 5.92 Å². The van der Waals surface area contributed by atoms with E-state index < -0.39 is 11.9 Å². The Morgan fingerprint density at radius 3 is 2.20 bits per heavy atom. The molecule has 4 nitrogen and oxygen atoms in total. The molecule has 0 spiro atoms. The van der Waals surface area contributed by atoms with E-state index >= 15 is 0 Å². The van der Waals surface area contributed by atoms with E-state index in [4.69, 9.17) is 4.74 Å². The van der Waals surface area contributed by atoms with Crippen LogP contribution in [0.15, 0.2) is 12.7 Å². The predicted molar refractivity (Wildman–Crippen MR) is 55.2 cm³/mol. The standard InChI is InChI=1S/C11H16O4/c1-4-7-15-11(14)6-5-10(8(2)12)9(3)13/h4,10H,1,5-7H2,2-3H3. The van der Waals surface area contributed by atoms with Crippen LogP contribution in [0, 0.1) is 5.92 Å². The third-order valence-corrected chi connectivity index (χ3v) is 1.98. The van der Waals surface area contributed by atoms with Crippen molar-refractivity contribution in [1.29, 1.82) is 0 Å². The zero-order valence-electron chi connectivity index (χ0n) is 9.12. The highest BCUT2D eigenvalue weighted by Gasteiger charge is 2.20. The summed E-state index contributed by atoms with van der Waals surface area (Å²) >= 11 is 0. The zero-order chi connectivity index (χ0) is 11.8. The highest BCUT2D eigenvalue weighted by molar-refractivity contribution is 6.00. The van der Waals surface area contributed by atoms with Crippen molar-refractivity contribution in [2.75, 3.05) is 6.61 Å². The number of rotatable bonds is 7. The highest BCUT2D eigenvalue weighted by atomic mass is 16.5. The van der Waals surface area contributed by atoms with E-state index in [1.54, 1.807) is 0 Å². The van der Waals surface area contributed by atoms with Crippen LogP contribution in [0.5, 0.6) is 0 Å². The van der Waals surface area contributed by atoms with E-state index in [-0.39, 0.29) is 31.0 Å².